The number of hydrogen-bond acceptors (Lipinski definition) is 7. The fraction of sp³-hybridized carbons (Fsp3) is 0.688. The third-order valence-electron chi connectivity index (χ3n) is 10.0. The molecular formula is C48H82NO7P. The molecule has 1 saturated carbocycles. The summed E-state index contributed by atoms with van der Waals surface area (Å²) in [7, 11) is -4.40. The van der Waals surface area contributed by atoms with E-state index in [2.05, 4.69) is 74.6 Å². The quantitative estimate of drug-likeness (QED) is 0.0207. The van der Waals surface area contributed by atoms with Gasteiger partial charge in [-0.15, -0.1) is 0 Å². The summed E-state index contributed by atoms with van der Waals surface area (Å²) in [5, 5.41) is 0. The Hall–Kier alpha value is -2.48. The molecule has 3 N–H and O–H groups in total. The van der Waals surface area contributed by atoms with Crippen molar-refractivity contribution in [3.63, 3.8) is 0 Å². The van der Waals surface area contributed by atoms with Crippen molar-refractivity contribution in [1.82, 2.24) is 0 Å². The van der Waals surface area contributed by atoms with Gasteiger partial charge in [0, 0.05) is 13.0 Å². The second-order valence-corrected chi connectivity index (χ2v) is 16.5. The Balaban J connectivity index is 2.40. The average Bonchev–Trinajstić information content (AvgIpc) is 3.18. The van der Waals surface area contributed by atoms with Crippen LogP contribution >= 0.6 is 7.82 Å². The Morgan fingerprint density at radius 2 is 1.14 bits per heavy atom. The first-order valence-corrected chi connectivity index (χ1v) is 24.1. The molecule has 57 heavy (non-hydrogen) atoms. The highest BCUT2D eigenvalue weighted by molar-refractivity contribution is 7.47. The number of carbonyl (C=O) groups excluding carboxylic acids is 1. The van der Waals surface area contributed by atoms with E-state index in [4.69, 9.17) is 24.3 Å². The summed E-state index contributed by atoms with van der Waals surface area (Å²) in [6.45, 7) is 4.41. The Morgan fingerprint density at radius 3 is 1.60 bits per heavy atom. The predicted octanol–water partition coefficient (Wildman–Crippen LogP) is 13.8. The van der Waals surface area contributed by atoms with Crippen LogP contribution in [-0.4, -0.2) is 42.3 Å². The van der Waals surface area contributed by atoms with Gasteiger partial charge >= 0.3 is 13.8 Å². The lowest BCUT2D eigenvalue weighted by Crippen LogP contribution is -2.53. The van der Waals surface area contributed by atoms with Crippen LogP contribution in [0.2, 0.25) is 0 Å². The summed E-state index contributed by atoms with van der Waals surface area (Å²) in [6, 6.07) is 0. The van der Waals surface area contributed by atoms with E-state index < -0.39 is 25.5 Å². The van der Waals surface area contributed by atoms with Gasteiger partial charge in [0.1, 0.15) is 12.2 Å². The molecule has 8 nitrogen and oxygen atoms in total. The van der Waals surface area contributed by atoms with E-state index in [9.17, 15) is 14.3 Å². The van der Waals surface area contributed by atoms with E-state index in [1.807, 2.05) is 18.2 Å². The predicted molar refractivity (Wildman–Crippen MR) is 240 cm³/mol. The van der Waals surface area contributed by atoms with Crippen LogP contribution in [-0.2, 0) is 27.9 Å². The monoisotopic (exact) mass is 816 g/mol. The van der Waals surface area contributed by atoms with E-state index in [-0.39, 0.29) is 26.2 Å². The average molecular weight is 816 g/mol. The molecule has 0 bridgehead atoms. The molecule has 0 aromatic heterocycles. The smallest absolute Gasteiger partial charge is 0.472 e. The largest absolute Gasteiger partial charge is 0.498 e. The fourth-order valence-corrected chi connectivity index (χ4v) is 7.66. The van der Waals surface area contributed by atoms with Crippen molar-refractivity contribution in [3.05, 3.63) is 85.3 Å². The van der Waals surface area contributed by atoms with Gasteiger partial charge in [0.2, 0.25) is 0 Å². The standard InChI is InChI=1S/C48H82NO7P/c1-3-5-7-9-11-13-15-17-19-21-22-23-24-26-28-30-32-34-36-39-47(50)55-46(48(40-38-41-48)56-57(51,52)54-44-42-49)45-53-43-37-35-33-31-29-27-25-20-18-16-14-12-10-8-6-4-2/h5,7,11,13,17,19,22-23,26,28,32,34,37,43,46H,3-4,6,8-10,12,14-16,18,20-21,24-25,27,29-31,33,35-36,38-42,44-45,49H2,1-2H3,(H,51,52)/b7-5-,13-11-,19-17-,23-22-,28-26-,34-32-,43-37-. The van der Waals surface area contributed by atoms with Gasteiger partial charge in [-0.05, 0) is 83.1 Å². The minimum atomic E-state index is -4.40. The Labute approximate surface area is 348 Å². The molecule has 0 heterocycles. The van der Waals surface area contributed by atoms with Crippen molar-refractivity contribution in [3.8, 4) is 0 Å². The molecule has 1 aliphatic carbocycles. The lowest BCUT2D eigenvalue weighted by atomic mass is 9.76. The summed E-state index contributed by atoms with van der Waals surface area (Å²) in [4.78, 5) is 23.3. The molecule has 326 valence electrons. The number of rotatable bonds is 39. The van der Waals surface area contributed by atoms with E-state index >= 15 is 0 Å². The van der Waals surface area contributed by atoms with E-state index in [1.165, 1.54) is 83.5 Å². The van der Waals surface area contributed by atoms with Gasteiger partial charge < -0.3 is 20.1 Å². The van der Waals surface area contributed by atoms with Crippen molar-refractivity contribution in [2.75, 3.05) is 19.8 Å². The van der Waals surface area contributed by atoms with Gasteiger partial charge in [-0.3, -0.25) is 13.8 Å². The van der Waals surface area contributed by atoms with Crippen LogP contribution in [0.4, 0.5) is 0 Å². The van der Waals surface area contributed by atoms with E-state index in [0.29, 0.717) is 19.3 Å². The Morgan fingerprint density at radius 1 is 0.667 bits per heavy atom. The van der Waals surface area contributed by atoms with E-state index in [1.54, 1.807) is 6.26 Å². The number of phosphoric acid groups is 1. The van der Waals surface area contributed by atoms with Crippen molar-refractivity contribution in [1.29, 1.82) is 0 Å². The summed E-state index contributed by atoms with van der Waals surface area (Å²) >= 11 is 0. The summed E-state index contributed by atoms with van der Waals surface area (Å²) in [5.41, 5.74) is 4.32. The zero-order valence-corrected chi connectivity index (χ0v) is 37.0. The molecule has 1 rings (SSSR count). The molecule has 9 heteroatoms. The van der Waals surface area contributed by atoms with Crippen LogP contribution in [0, 0.1) is 0 Å². The molecule has 0 aliphatic heterocycles. The molecule has 2 atom stereocenters. The van der Waals surface area contributed by atoms with Gasteiger partial charge in [0.15, 0.2) is 6.10 Å². The Bertz CT molecular complexity index is 1220. The van der Waals surface area contributed by atoms with Gasteiger partial charge in [-0.2, -0.15) is 0 Å². The van der Waals surface area contributed by atoms with Crippen molar-refractivity contribution < 1.29 is 32.8 Å². The third kappa shape index (κ3) is 31.2. The topological polar surface area (TPSA) is 117 Å². The number of nitrogens with two attached hydrogens (primary N) is 1. The number of unbranched alkanes of at least 4 members (excludes halogenated alkanes) is 14. The maximum absolute atomic E-state index is 13.0. The molecule has 0 aromatic rings. The lowest BCUT2D eigenvalue weighted by molar-refractivity contribution is -0.181. The highest BCUT2D eigenvalue weighted by Crippen LogP contribution is 2.54. The van der Waals surface area contributed by atoms with Crippen LogP contribution in [0.15, 0.2) is 85.3 Å². The van der Waals surface area contributed by atoms with E-state index in [0.717, 1.165) is 57.8 Å². The van der Waals surface area contributed by atoms with Gasteiger partial charge in [-0.1, -0.05) is 170 Å². The van der Waals surface area contributed by atoms with Crippen LogP contribution in [0.25, 0.3) is 0 Å². The zero-order chi connectivity index (χ0) is 41.4. The van der Waals surface area contributed by atoms with Crippen molar-refractivity contribution >= 4 is 13.8 Å². The minimum Gasteiger partial charge on any atom is -0.498 e. The maximum atomic E-state index is 13.0. The van der Waals surface area contributed by atoms with Crippen LogP contribution in [0.3, 0.4) is 0 Å². The second-order valence-electron chi connectivity index (χ2n) is 15.1. The second kappa shape index (κ2) is 37.8. The molecule has 0 radical (unpaired) electrons. The summed E-state index contributed by atoms with van der Waals surface area (Å²) < 4.78 is 35.1. The number of allylic oxidation sites excluding steroid dienone is 13. The highest BCUT2D eigenvalue weighted by atomic mass is 31.2. The van der Waals surface area contributed by atoms with Crippen LogP contribution in [0.5, 0.6) is 0 Å². The molecule has 0 saturated heterocycles. The molecule has 0 spiro atoms. The first kappa shape index (κ1) is 52.5. The van der Waals surface area contributed by atoms with Crippen LogP contribution < -0.4 is 5.73 Å². The third-order valence-corrected chi connectivity index (χ3v) is 11.1. The number of carbonyl (C=O) groups is 1. The van der Waals surface area contributed by atoms with Gasteiger partial charge in [-0.25, -0.2) is 4.57 Å². The molecule has 2 unspecified atom stereocenters. The summed E-state index contributed by atoms with van der Waals surface area (Å²) in [5.74, 6) is -0.403. The number of phosphoric ester groups is 1. The maximum Gasteiger partial charge on any atom is 0.472 e. The first-order chi connectivity index (χ1) is 27.9. The SMILES string of the molecule is CC/C=C\C/C=C\C/C=C\C/C=C\C/C=C\C/C=C\CCC(=O)OC(CO/C=C\CCCCCCCCCCCCCCCC)C1(OP(=O)(O)OCCN)CCC1. The lowest BCUT2D eigenvalue weighted by Gasteiger charge is -2.45. The first-order valence-electron chi connectivity index (χ1n) is 22.6. The fourth-order valence-electron chi connectivity index (χ4n) is 6.51. The molecule has 1 aliphatic rings. The molecule has 0 amide bonds. The van der Waals surface area contributed by atoms with Crippen molar-refractivity contribution in [2.24, 2.45) is 5.73 Å². The molecular weight excluding hydrogens is 734 g/mol. The zero-order valence-electron chi connectivity index (χ0n) is 36.1. The Kier molecular flexibility index (Phi) is 34.8. The number of ether oxygens (including phenoxy) is 2. The minimum absolute atomic E-state index is 0.0256. The normalized spacial score (nSPS) is 16.3. The van der Waals surface area contributed by atoms with Crippen molar-refractivity contribution in [2.45, 2.75) is 192 Å². The number of hydrogen-bond donors (Lipinski definition) is 2. The summed E-state index contributed by atoms with van der Waals surface area (Å²) in [6.07, 6.45) is 56.2. The van der Waals surface area contributed by atoms with Gasteiger partial charge in [0.05, 0.1) is 12.9 Å². The van der Waals surface area contributed by atoms with Gasteiger partial charge in [0.25, 0.3) is 0 Å². The highest BCUT2D eigenvalue weighted by Gasteiger charge is 2.52. The molecule has 1 fully saturated rings. The van der Waals surface area contributed by atoms with Crippen LogP contribution in [0.1, 0.15) is 181 Å². The number of esters is 1. The molecule has 0 aromatic carbocycles.